The maximum atomic E-state index is 13.3. The molecule has 0 radical (unpaired) electrons. The zero-order valence-corrected chi connectivity index (χ0v) is 17.0. The molecule has 2 heterocycles. The SMILES string of the molecule is COc1ccc(-c2cc(C(F)(F)F)nc(S(=O)(=O)CCC(=O)N3CCCC3)n2)cc1. The average Bonchev–Trinajstić information content (AvgIpc) is 3.26. The van der Waals surface area contributed by atoms with Gasteiger partial charge in [0.2, 0.25) is 20.9 Å². The van der Waals surface area contributed by atoms with Gasteiger partial charge in [0.15, 0.2) is 0 Å². The molecule has 1 aliphatic heterocycles. The number of nitrogens with zero attached hydrogens (tertiary/aromatic N) is 3. The van der Waals surface area contributed by atoms with Crippen LogP contribution in [0.25, 0.3) is 11.3 Å². The fraction of sp³-hybridized carbons (Fsp3) is 0.421. The predicted molar refractivity (Wildman–Crippen MR) is 102 cm³/mol. The summed E-state index contributed by atoms with van der Waals surface area (Å²) in [4.78, 5) is 20.8. The van der Waals surface area contributed by atoms with E-state index in [2.05, 4.69) is 9.97 Å². The zero-order valence-electron chi connectivity index (χ0n) is 16.1. The predicted octanol–water partition coefficient (Wildman–Crippen LogP) is 2.96. The van der Waals surface area contributed by atoms with Gasteiger partial charge in [0.1, 0.15) is 11.4 Å². The maximum absolute atomic E-state index is 13.3. The highest BCUT2D eigenvalue weighted by molar-refractivity contribution is 7.91. The van der Waals surface area contributed by atoms with Gasteiger partial charge in [-0.2, -0.15) is 13.2 Å². The minimum Gasteiger partial charge on any atom is -0.497 e. The third-order valence-electron chi connectivity index (χ3n) is 4.70. The van der Waals surface area contributed by atoms with E-state index >= 15 is 0 Å². The van der Waals surface area contributed by atoms with Crippen molar-refractivity contribution in [3.8, 4) is 17.0 Å². The van der Waals surface area contributed by atoms with Crippen LogP contribution in [0.3, 0.4) is 0 Å². The first-order chi connectivity index (χ1) is 14.1. The second kappa shape index (κ2) is 8.58. The monoisotopic (exact) mass is 443 g/mol. The quantitative estimate of drug-likeness (QED) is 0.638. The Labute approximate surface area is 171 Å². The topological polar surface area (TPSA) is 89.5 Å². The van der Waals surface area contributed by atoms with E-state index in [4.69, 9.17) is 4.74 Å². The van der Waals surface area contributed by atoms with Crippen molar-refractivity contribution in [3.05, 3.63) is 36.0 Å². The molecule has 0 N–H and O–H groups in total. The fourth-order valence-corrected chi connectivity index (χ4v) is 4.16. The lowest BCUT2D eigenvalue weighted by molar-refractivity contribution is -0.141. The molecule has 1 saturated heterocycles. The summed E-state index contributed by atoms with van der Waals surface area (Å²) in [5, 5.41) is -0.947. The van der Waals surface area contributed by atoms with Crippen molar-refractivity contribution in [2.24, 2.45) is 0 Å². The van der Waals surface area contributed by atoms with E-state index in [1.165, 1.54) is 31.4 Å². The molecule has 11 heteroatoms. The van der Waals surface area contributed by atoms with Gasteiger partial charge in [-0.25, -0.2) is 18.4 Å². The standard InChI is InChI=1S/C19H20F3N3O4S/c1-29-14-6-4-13(5-7-14)15-12-16(19(20,21)22)24-18(23-15)30(27,28)11-8-17(26)25-9-2-3-10-25/h4-7,12H,2-3,8-11H2,1H3. The van der Waals surface area contributed by atoms with Gasteiger partial charge in [0, 0.05) is 25.1 Å². The molecule has 0 atom stereocenters. The number of hydrogen-bond donors (Lipinski definition) is 0. The first-order valence-electron chi connectivity index (χ1n) is 9.21. The van der Waals surface area contributed by atoms with Crippen LogP contribution in [0.15, 0.2) is 35.5 Å². The number of carbonyl (C=O) groups excluding carboxylic acids is 1. The van der Waals surface area contributed by atoms with Gasteiger partial charge < -0.3 is 9.64 Å². The largest absolute Gasteiger partial charge is 0.497 e. The number of amides is 1. The summed E-state index contributed by atoms with van der Waals surface area (Å²) in [6.45, 7) is 1.11. The first-order valence-corrected chi connectivity index (χ1v) is 10.9. The molecule has 0 spiro atoms. The van der Waals surface area contributed by atoms with E-state index in [-0.39, 0.29) is 23.6 Å². The van der Waals surface area contributed by atoms with Crippen molar-refractivity contribution >= 4 is 15.7 Å². The van der Waals surface area contributed by atoms with Crippen LogP contribution in [0, 0.1) is 0 Å². The van der Waals surface area contributed by atoms with Gasteiger partial charge in [-0.05, 0) is 43.2 Å². The van der Waals surface area contributed by atoms with Crippen LogP contribution in [0.1, 0.15) is 25.0 Å². The van der Waals surface area contributed by atoms with Crippen LogP contribution >= 0.6 is 0 Å². The number of likely N-dealkylation sites (tertiary alicyclic amines) is 1. The minimum absolute atomic E-state index is 0.190. The van der Waals surface area contributed by atoms with E-state index in [0.717, 1.165) is 12.8 Å². The van der Waals surface area contributed by atoms with Crippen LogP contribution in [0.4, 0.5) is 13.2 Å². The number of ether oxygens (including phenoxy) is 1. The van der Waals surface area contributed by atoms with Crippen molar-refractivity contribution in [1.82, 2.24) is 14.9 Å². The molecule has 2 aromatic rings. The highest BCUT2D eigenvalue weighted by Crippen LogP contribution is 2.31. The number of benzene rings is 1. The average molecular weight is 443 g/mol. The van der Waals surface area contributed by atoms with Gasteiger partial charge in [-0.3, -0.25) is 4.79 Å². The Morgan fingerprint density at radius 2 is 1.77 bits per heavy atom. The molecule has 1 aliphatic rings. The molecule has 1 aromatic heterocycles. The Morgan fingerprint density at radius 3 is 2.33 bits per heavy atom. The molecule has 0 bridgehead atoms. The summed E-state index contributed by atoms with van der Waals surface area (Å²) in [5.41, 5.74) is -1.29. The lowest BCUT2D eigenvalue weighted by Crippen LogP contribution is -2.29. The van der Waals surface area contributed by atoms with Crippen molar-refractivity contribution in [2.45, 2.75) is 30.6 Å². The van der Waals surface area contributed by atoms with Crippen LogP contribution in [-0.2, 0) is 20.8 Å². The zero-order chi connectivity index (χ0) is 21.9. The summed E-state index contributed by atoms with van der Waals surface area (Å²) in [5.74, 6) is -0.526. The molecular weight excluding hydrogens is 423 g/mol. The summed E-state index contributed by atoms with van der Waals surface area (Å²) < 4.78 is 70.2. The third kappa shape index (κ3) is 5.07. The number of methoxy groups -OCH3 is 1. The molecular formula is C19H20F3N3O4S. The van der Waals surface area contributed by atoms with Crippen molar-refractivity contribution in [3.63, 3.8) is 0 Å². The molecule has 30 heavy (non-hydrogen) atoms. The van der Waals surface area contributed by atoms with Crippen LogP contribution < -0.4 is 4.74 Å². The molecule has 7 nitrogen and oxygen atoms in total. The van der Waals surface area contributed by atoms with Crippen LogP contribution in [-0.4, -0.2) is 55.1 Å². The highest BCUT2D eigenvalue weighted by atomic mass is 32.2. The Bertz CT molecular complexity index is 1020. The number of rotatable bonds is 6. The maximum Gasteiger partial charge on any atom is 0.433 e. The lowest BCUT2D eigenvalue weighted by atomic mass is 10.1. The van der Waals surface area contributed by atoms with E-state index in [0.29, 0.717) is 24.9 Å². The molecule has 0 aliphatic carbocycles. The van der Waals surface area contributed by atoms with Gasteiger partial charge in [-0.1, -0.05) is 0 Å². The molecule has 0 saturated carbocycles. The van der Waals surface area contributed by atoms with E-state index < -0.39 is 32.6 Å². The van der Waals surface area contributed by atoms with Gasteiger partial charge in [-0.15, -0.1) is 0 Å². The summed E-state index contributed by atoms with van der Waals surface area (Å²) in [6, 6.07) is 6.67. The Morgan fingerprint density at radius 1 is 1.13 bits per heavy atom. The van der Waals surface area contributed by atoms with Crippen LogP contribution in [0.2, 0.25) is 0 Å². The Balaban J connectivity index is 1.92. The summed E-state index contributed by atoms with van der Waals surface area (Å²) in [6.07, 6.45) is -3.50. The molecule has 1 amide bonds. The fourth-order valence-electron chi connectivity index (χ4n) is 3.06. The van der Waals surface area contributed by atoms with Crippen molar-refractivity contribution < 1.29 is 31.1 Å². The number of alkyl halides is 3. The smallest absolute Gasteiger partial charge is 0.433 e. The van der Waals surface area contributed by atoms with E-state index in [1.807, 2.05) is 0 Å². The Hall–Kier alpha value is -2.69. The normalized spacial score (nSPS) is 14.7. The highest BCUT2D eigenvalue weighted by Gasteiger charge is 2.35. The number of hydrogen-bond acceptors (Lipinski definition) is 6. The van der Waals surface area contributed by atoms with E-state index in [1.54, 1.807) is 4.90 Å². The van der Waals surface area contributed by atoms with Gasteiger partial charge in [0.25, 0.3) is 0 Å². The molecule has 1 aromatic carbocycles. The minimum atomic E-state index is -4.86. The molecule has 162 valence electrons. The molecule has 0 unspecified atom stereocenters. The number of sulfone groups is 1. The van der Waals surface area contributed by atoms with Crippen molar-refractivity contribution in [2.75, 3.05) is 26.0 Å². The van der Waals surface area contributed by atoms with Crippen LogP contribution in [0.5, 0.6) is 5.75 Å². The Kier molecular flexibility index (Phi) is 6.30. The lowest BCUT2D eigenvalue weighted by Gasteiger charge is -2.15. The number of halogens is 3. The second-order valence-electron chi connectivity index (χ2n) is 6.80. The molecule has 1 fully saturated rings. The molecule has 3 rings (SSSR count). The summed E-state index contributed by atoms with van der Waals surface area (Å²) in [7, 11) is -2.87. The number of aromatic nitrogens is 2. The summed E-state index contributed by atoms with van der Waals surface area (Å²) >= 11 is 0. The van der Waals surface area contributed by atoms with E-state index in [9.17, 15) is 26.4 Å². The number of carbonyl (C=O) groups is 1. The van der Waals surface area contributed by atoms with Gasteiger partial charge >= 0.3 is 6.18 Å². The first kappa shape index (κ1) is 22.0. The van der Waals surface area contributed by atoms with Crippen molar-refractivity contribution in [1.29, 1.82) is 0 Å². The third-order valence-corrected chi connectivity index (χ3v) is 6.18. The second-order valence-corrected chi connectivity index (χ2v) is 8.81. The van der Waals surface area contributed by atoms with Gasteiger partial charge in [0.05, 0.1) is 18.6 Å².